The number of ether oxygens (including phenoxy) is 1. The van der Waals surface area contributed by atoms with Crippen molar-refractivity contribution < 1.29 is 18.7 Å². The molecule has 0 unspecified atom stereocenters. The summed E-state index contributed by atoms with van der Waals surface area (Å²) in [6, 6.07) is 14.5. The Balaban J connectivity index is 1.76. The SMILES string of the molecule is O=C1C[C@@H]2[C@@H](CC(c3ccccc3F)=NN2C(=O)c2ccccc2)O1. The Bertz CT molecular complexity index is 866. The maximum atomic E-state index is 14.2. The number of carbonyl (C=O) groups excluding carboxylic acids is 2. The zero-order chi connectivity index (χ0) is 17.4. The molecule has 0 spiro atoms. The van der Waals surface area contributed by atoms with Crippen molar-refractivity contribution in [2.24, 2.45) is 5.10 Å². The van der Waals surface area contributed by atoms with Crippen LogP contribution in [0.25, 0.3) is 0 Å². The van der Waals surface area contributed by atoms with E-state index in [1.165, 1.54) is 11.1 Å². The number of rotatable bonds is 2. The van der Waals surface area contributed by atoms with E-state index in [4.69, 9.17) is 4.74 Å². The van der Waals surface area contributed by atoms with Crippen molar-refractivity contribution in [3.8, 4) is 0 Å². The first kappa shape index (κ1) is 15.5. The van der Waals surface area contributed by atoms with Gasteiger partial charge >= 0.3 is 5.97 Å². The van der Waals surface area contributed by atoms with E-state index in [0.717, 1.165) is 0 Å². The summed E-state index contributed by atoms with van der Waals surface area (Å²) < 4.78 is 19.5. The van der Waals surface area contributed by atoms with Gasteiger partial charge in [0.2, 0.25) is 0 Å². The van der Waals surface area contributed by atoms with Crippen LogP contribution in [0.5, 0.6) is 0 Å². The number of hydrogen-bond donors (Lipinski definition) is 0. The number of carbonyl (C=O) groups is 2. The van der Waals surface area contributed by atoms with Crippen LogP contribution < -0.4 is 0 Å². The molecule has 0 saturated carbocycles. The van der Waals surface area contributed by atoms with Crippen molar-refractivity contribution in [3.05, 3.63) is 71.5 Å². The summed E-state index contributed by atoms with van der Waals surface area (Å²) in [6.45, 7) is 0. The zero-order valence-electron chi connectivity index (χ0n) is 13.3. The largest absolute Gasteiger partial charge is 0.460 e. The van der Waals surface area contributed by atoms with Crippen molar-refractivity contribution in [2.45, 2.75) is 25.0 Å². The third-order valence-electron chi connectivity index (χ3n) is 4.44. The van der Waals surface area contributed by atoms with Gasteiger partial charge in [0.25, 0.3) is 5.91 Å². The Labute approximate surface area is 143 Å². The minimum atomic E-state index is -0.507. The molecule has 0 aromatic heterocycles. The number of hydrazone groups is 1. The molecule has 2 aliphatic heterocycles. The van der Waals surface area contributed by atoms with E-state index < -0.39 is 18.0 Å². The molecule has 2 aliphatic rings. The molecule has 1 fully saturated rings. The van der Waals surface area contributed by atoms with Crippen LogP contribution in [0.15, 0.2) is 59.7 Å². The van der Waals surface area contributed by atoms with E-state index in [9.17, 15) is 14.0 Å². The van der Waals surface area contributed by atoms with Crippen LogP contribution in [0.2, 0.25) is 0 Å². The van der Waals surface area contributed by atoms with Crippen LogP contribution in [-0.2, 0) is 9.53 Å². The molecule has 2 aromatic carbocycles. The van der Waals surface area contributed by atoms with E-state index in [2.05, 4.69) is 5.10 Å². The normalized spacial score (nSPS) is 22.2. The number of fused-ring (bicyclic) bond motifs is 1. The van der Waals surface area contributed by atoms with Crippen LogP contribution in [-0.4, -0.2) is 34.7 Å². The Morgan fingerprint density at radius 3 is 2.56 bits per heavy atom. The zero-order valence-corrected chi connectivity index (χ0v) is 13.3. The third kappa shape index (κ3) is 2.80. The van der Waals surface area contributed by atoms with Crippen LogP contribution in [0.4, 0.5) is 4.39 Å². The van der Waals surface area contributed by atoms with Gasteiger partial charge < -0.3 is 4.74 Å². The first-order chi connectivity index (χ1) is 12.1. The number of nitrogens with zero attached hydrogens (tertiary/aromatic N) is 2. The highest BCUT2D eigenvalue weighted by atomic mass is 19.1. The third-order valence-corrected chi connectivity index (χ3v) is 4.44. The average molecular weight is 338 g/mol. The van der Waals surface area contributed by atoms with Gasteiger partial charge in [-0.3, -0.25) is 9.59 Å². The maximum Gasteiger partial charge on any atom is 0.308 e. The highest BCUT2D eigenvalue weighted by Crippen LogP contribution is 2.31. The molecule has 25 heavy (non-hydrogen) atoms. The molecular formula is C19H15FN2O3. The lowest BCUT2D eigenvalue weighted by Gasteiger charge is -2.32. The van der Waals surface area contributed by atoms with Crippen molar-refractivity contribution >= 4 is 17.6 Å². The van der Waals surface area contributed by atoms with E-state index in [-0.39, 0.29) is 24.7 Å². The molecule has 0 bridgehead atoms. The molecule has 5 nitrogen and oxygen atoms in total. The highest BCUT2D eigenvalue weighted by molar-refractivity contribution is 6.04. The molecule has 2 aromatic rings. The second-order valence-corrected chi connectivity index (χ2v) is 6.05. The minimum Gasteiger partial charge on any atom is -0.460 e. The monoisotopic (exact) mass is 338 g/mol. The standard InChI is InChI=1S/C19H15FN2O3/c20-14-9-5-4-8-13(14)15-10-17-16(11-18(23)25-17)22(21-15)19(24)12-6-2-1-3-7-12/h1-9,16-17H,10-11H2/t16-,17-/m1/s1. The van der Waals surface area contributed by atoms with Crippen LogP contribution in [0, 0.1) is 5.82 Å². The van der Waals surface area contributed by atoms with Crippen molar-refractivity contribution in [1.82, 2.24) is 5.01 Å². The second kappa shape index (κ2) is 6.12. The first-order valence-electron chi connectivity index (χ1n) is 8.04. The van der Waals surface area contributed by atoms with E-state index in [1.54, 1.807) is 42.5 Å². The topological polar surface area (TPSA) is 59.0 Å². The quantitative estimate of drug-likeness (QED) is 0.791. The Morgan fingerprint density at radius 1 is 1.08 bits per heavy atom. The minimum absolute atomic E-state index is 0.0945. The Hall–Kier alpha value is -3.02. The fourth-order valence-corrected chi connectivity index (χ4v) is 3.22. The van der Waals surface area contributed by atoms with E-state index >= 15 is 0 Å². The van der Waals surface area contributed by atoms with Gasteiger partial charge in [-0.1, -0.05) is 36.4 Å². The summed E-state index contributed by atoms with van der Waals surface area (Å²) in [7, 11) is 0. The van der Waals surface area contributed by atoms with Crippen LogP contribution in [0.3, 0.4) is 0 Å². The van der Waals surface area contributed by atoms with Gasteiger partial charge in [-0.2, -0.15) is 5.10 Å². The van der Waals surface area contributed by atoms with Gasteiger partial charge in [-0.25, -0.2) is 9.40 Å². The summed E-state index contributed by atoms with van der Waals surface area (Å²) in [4.78, 5) is 24.6. The lowest BCUT2D eigenvalue weighted by molar-refractivity contribution is -0.141. The van der Waals surface area contributed by atoms with Gasteiger partial charge in [0.05, 0.1) is 12.1 Å². The molecule has 2 heterocycles. The number of benzene rings is 2. The van der Waals surface area contributed by atoms with Crippen molar-refractivity contribution in [1.29, 1.82) is 0 Å². The maximum absolute atomic E-state index is 14.2. The molecule has 0 radical (unpaired) electrons. The first-order valence-corrected chi connectivity index (χ1v) is 8.04. The van der Waals surface area contributed by atoms with Gasteiger partial charge in [0.15, 0.2) is 0 Å². The van der Waals surface area contributed by atoms with Gasteiger partial charge in [-0.05, 0) is 18.2 Å². The molecule has 1 saturated heterocycles. The summed E-state index contributed by atoms with van der Waals surface area (Å²) >= 11 is 0. The number of esters is 1. The lowest BCUT2D eigenvalue weighted by atomic mass is 9.96. The van der Waals surface area contributed by atoms with Crippen molar-refractivity contribution in [2.75, 3.05) is 0 Å². The highest BCUT2D eigenvalue weighted by Gasteiger charge is 2.45. The average Bonchev–Trinajstić information content (AvgIpc) is 3.01. The molecule has 0 N–H and O–H groups in total. The molecule has 2 atom stereocenters. The van der Waals surface area contributed by atoms with Gasteiger partial charge in [0.1, 0.15) is 18.0 Å². The number of hydrogen-bond acceptors (Lipinski definition) is 4. The molecule has 6 heteroatoms. The predicted molar refractivity (Wildman–Crippen MR) is 88.5 cm³/mol. The number of halogens is 1. The summed E-state index contributed by atoms with van der Waals surface area (Å²) in [6.07, 6.45) is -0.125. The lowest BCUT2D eigenvalue weighted by Crippen LogP contribution is -2.46. The smallest absolute Gasteiger partial charge is 0.308 e. The fraction of sp³-hybridized carbons (Fsp3) is 0.211. The summed E-state index contributed by atoms with van der Waals surface area (Å²) in [5.41, 5.74) is 1.17. The molecular weight excluding hydrogens is 323 g/mol. The fourth-order valence-electron chi connectivity index (χ4n) is 3.22. The second-order valence-electron chi connectivity index (χ2n) is 6.05. The van der Waals surface area contributed by atoms with Crippen LogP contribution in [0.1, 0.15) is 28.8 Å². The summed E-state index contributed by atoms with van der Waals surface area (Å²) in [5.74, 6) is -1.12. The predicted octanol–water partition coefficient (Wildman–Crippen LogP) is 2.76. The summed E-state index contributed by atoms with van der Waals surface area (Å²) in [5, 5.41) is 5.67. The van der Waals surface area contributed by atoms with Gasteiger partial charge in [-0.15, -0.1) is 0 Å². The van der Waals surface area contributed by atoms with Gasteiger partial charge in [0, 0.05) is 17.5 Å². The Morgan fingerprint density at radius 2 is 1.80 bits per heavy atom. The Kier molecular flexibility index (Phi) is 3.80. The van der Waals surface area contributed by atoms with Crippen LogP contribution >= 0.6 is 0 Å². The molecule has 0 aliphatic carbocycles. The molecule has 126 valence electrons. The van der Waals surface area contributed by atoms with Crippen molar-refractivity contribution in [3.63, 3.8) is 0 Å². The van der Waals surface area contributed by atoms with E-state index in [1.807, 2.05) is 6.07 Å². The van der Waals surface area contributed by atoms with E-state index in [0.29, 0.717) is 16.8 Å². The number of amides is 1. The molecule has 4 rings (SSSR count). The molecule has 1 amide bonds.